The summed E-state index contributed by atoms with van der Waals surface area (Å²) in [7, 11) is -1.24. The van der Waals surface area contributed by atoms with Crippen molar-refractivity contribution in [3.8, 4) is 0 Å². The second-order valence-electron chi connectivity index (χ2n) is 5.00. The zero-order valence-electron chi connectivity index (χ0n) is 9.32. The number of hydrogen-bond acceptors (Lipinski definition) is 2. The van der Waals surface area contributed by atoms with Crippen LogP contribution in [0, 0.1) is 0 Å². The summed E-state index contributed by atoms with van der Waals surface area (Å²) in [5.74, 6) is 1.17. The van der Waals surface area contributed by atoms with Gasteiger partial charge in [0.1, 0.15) is 5.82 Å². The Kier molecular flexibility index (Phi) is 2.39. The molecular formula is C10H19N3Si. The van der Waals surface area contributed by atoms with Gasteiger partial charge < -0.3 is 9.13 Å². The molecule has 0 saturated carbocycles. The maximum Gasteiger partial charge on any atom is 0.154 e. The molecule has 14 heavy (non-hydrogen) atoms. The number of hydrogen-bond donors (Lipinski definition) is 0. The summed E-state index contributed by atoms with van der Waals surface area (Å²) in [6.07, 6.45) is 6.86. The van der Waals surface area contributed by atoms with Crippen molar-refractivity contribution in [3.05, 3.63) is 12.5 Å². The van der Waals surface area contributed by atoms with Crippen LogP contribution in [0.2, 0.25) is 19.6 Å². The van der Waals surface area contributed by atoms with Crippen molar-refractivity contribution >= 4 is 14.1 Å². The fourth-order valence-electron chi connectivity index (χ4n) is 1.79. The van der Waals surface area contributed by atoms with Crippen molar-refractivity contribution in [2.45, 2.75) is 32.5 Å². The van der Waals surface area contributed by atoms with E-state index in [2.05, 4.69) is 40.0 Å². The second-order valence-corrected chi connectivity index (χ2v) is 9.86. The van der Waals surface area contributed by atoms with Crippen molar-refractivity contribution in [3.63, 3.8) is 0 Å². The number of rotatable bonds is 2. The van der Waals surface area contributed by atoms with Gasteiger partial charge in [0.2, 0.25) is 0 Å². The number of imidazole rings is 1. The quantitative estimate of drug-likeness (QED) is 0.696. The molecule has 78 valence electrons. The average molecular weight is 209 g/mol. The molecule has 1 aromatic rings. The standard InChI is InChI=1S/C10H19N3Si/c1-14(2,3)13-8-10(11-9-13)12-6-4-5-7-12/h8-9H,4-7H2,1-3H3. The third kappa shape index (κ3) is 1.85. The normalized spacial score (nSPS) is 17.8. The van der Waals surface area contributed by atoms with Crippen molar-refractivity contribution < 1.29 is 0 Å². The summed E-state index contributed by atoms with van der Waals surface area (Å²) in [5, 5.41) is 0. The highest BCUT2D eigenvalue weighted by atomic mass is 28.3. The van der Waals surface area contributed by atoms with Gasteiger partial charge in [0, 0.05) is 19.3 Å². The highest BCUT2D eigenvalue weighted by Crippen LogP contribution is 2.19. The molecule has 0 aliphatic carbocycles. The molecule has 0 bridgehead atoms. The van der Waals surface area contributed by atoms with E-state index in [1.807, 2.05) is 6.33 Å². The van der Waals surface area contributed by atoms with E-state index in [-0.39, 0.29) is 0 Å². The summed E-state index contributed by atoms with van der Waals surface area (Å²) in [6, 6.07) is 0. The van der Waals surface area contributed by atoms with Crippen LogP contribution in [0.3, 0.4) is 0 Å². The maximum atomic E-state index is 4.49. The van der Waals surface area contributed by atoms with E-state index in [1.165, 1.54) is 31.7 Å². The van der Waals surface area contributed by atoms with Crippen molar-refractivity contribution in [1.29, 1.82) is 0 Å². The first-order valence-corrected chi connectivity index (χ1v) is 8.81. The largest absolute Gasteiger partial charge is 0.363 e. The molecule has 2 heterocycles. The monoisotopic (exact) mass is 209 g/mol. The van der Waals surface area contributed by atoms with Crippen molar-refractivity contribution in [2.75, 3.05) is 18.0 Å². The predicted molar refractivity (Wildman–Crippen MR) is 62.4 cm³/mol. The molecular weight excluding hydrogens is 190 g/mol. The fraction of sp³-hybridized carbons (Fsp3) is 0.700. The van der Waals surface area contributed by atoms with Gasteiger partial charge >= 0.3 is 0 Å². The van der Waals surface area contributed by atoms with E-state index in [9.17, 15) is 0 Å². The van der Waals surface area contributed by atoms with Gasteiger partial charge in [-0.2, -0.15) is 0 Å². The fourth-order valence-corrected chi connectivity index (χ4v) is 2.70. The number of anilines is 1. The summed E-state index contributed by atoms with van der Waals surface area (Å²) in [5.41, 5.74) is 0. The Labute approximate surface area is 86.8 Å². The lowest BCUT2D eigenvalue weighted by Gasteiger charge is -2.18. The molecule has 0 spiro atoms. The Morgan fingerprint density at radius 1 is 1.21 bits per heavy atom. The van der Waals surface area contributed by atoms with Crippen LogP contribution in [-0.2, 0) is 0 Å². The van der Waals surface area contributed by atoms with Crippen LogP contribution in [0.4, 0.5) is 5.82 Å². The van der Waals surface area contributed by atoms with Gasteiger partial charge in [-0.1, -0.05) is 19.6 Å². The number of nitrogens with zero attached hydrogens (tertiary/aromatic N) is 3. The summed E-state index contributed by atoms with van der Waals surface area (Å²) >= 11 is 0. The van der Waals surface area contributed by atoms with E-state index >= 15 is 0 Å². The first-order chi connectivity index (χ1) is 6.57. The van der Waals surface area contributed by atoms with Crippen LogP contribution in [0.15, 0.2) is 12.5 Å². The molecule has 0 unspecified atom stereocenters. The van der Waals surface area contributed by atoms with Crippen LogP contribution in [0.5, 0.6) is 0 Å². The molecule has 0 radical (unpaired) electrons. The minimum Gasteiger partial charge on any atom is -0.363 e. The van der Waals surface area contributed by atoms with Crippen LogP contribution in [0.1, 0.15) is 12.8 Å². The van der Waals surface area contributed by atoms with Gasteiger partial charge in [-0.3, -0.25) is 0 Å². The van der Waals surface area contributed by atoms with Crippen molar-refractivity contribution in [2.24, 2.45) is 0 Å². The molecule has 2 rings (SSSR count). The first-order valence-electron chi connectivity index (χ1n) is 5.37. The minimum absolute atomic E-state index is 1.17. The van der Waals surface area contributed by atoms with Crippen LogP contribution in [0.25, 0.3) is 0 Å². The highest BCUT2D eigenvalue weighted by molar-refractivity contribution is 6.74. The van der Waals surface area contributed by atoms with Crippen LogP contribution in [-0.4, -0.2) is 30.5 Å². The van der Waals surface area contributed by atoms with Gasteiger partial charge in [-0.05, 0) is 12.8 Å². The molecule has 0 amide bonds. The Balaban J connectivity index is 2.17. The molecule has 0 atom stereocenters. The van der Waals surface area contributed by atoms with E-state index in [0.29, 0.717) is 0 Å². The van der Waals surface area contributed by atoms with E-state index < -0.39 is 8.24 Å². The van der Waals surface area contributed by atoms with E-state index in [1.54, 1.807) is 0 Å². The third-order valence-corrected chi connectivity index (χ3v) is 4.57. The lowest BCUT2D eigenvalue weighted by atomic mass is 10.4. The van der Waals surface area contributed by atoms with Crippen LogP contribution >= 0.6 is 0 Å². The predicted octanol–water partition coefficient (Wildman–Crippen LogP) is 2.17. The number of aromatic nitrogens is 2. The van der Waals surface area contributed by atoms with Crippen molar-refractivity contribution in [1.82, 2.24) is 9.22 Å². The molecule has 1 aliphatic rings. The molecule has 0 N–H and O–H groups in total. The highest BCUT2D eigenvalue weighted by Gasteiger charge is 2.19. The minimum atomic E-state index is -1.24. The topological polar surface area (TPSA) is 21.1 Å². The van der Waals surface area contributed by atoms with Gasteiger partial charge in [0.15, 0.2) is 8.24 Å². The molecule has 1 fully saturated rings. The third-order valence-electron chi connectivity index (χ3n) is 2.77. The molecule has 1 aliphatic heterocycles. The lowest BCUT2D eigenvalue weighted by molar-refractivity contribution is 0.946. The van der Waals surface area contributed by atoms with E-state index in [4.69, 9.17) is 0 Å². The van der Waals surface area contributed by atoms with Crippen LogP contribution < -0.4 is 4.90 Å². The molecule has 0 aromatic carbocycles. The summed E-state index contributed by atoms with van der Waals surface area (Å²) in [6.45, 7) is 9.37. The Morgan fingerprint density at radius 3 is 2.36 bits per heavy atom. The molecule has 3 nitrogen and oxygen atoms in total. The summed E-state index contributed by atoms with van der Waals surface area (Å²) < 4.78 is 2.32. The van der Waals surface area contributed by atoms with Gasteiger partial charge in [-0.25, -0.2) is 4.98 Å². The first kappa shape index (κ1) is 9.77. The van der Waals surface area contributed by atoms with Gasteiger partial charge in [0.05, 0.1) is 6.33 Å². The Hall–Kier alpha value is -0.773. The lowest BCUT2D eigenvalue weighted by Crippen LogP contribution is -2.30. The Bertz CT molecular complexity index is 307. The average Bonchev–Trinajstić information content (AvgIpc) is 2.73. The Morgan fingerprint density at radius 2 is 1.86 bits per heavy atom. The zero-order valence-corrected chi connectivity index (χ0v) is 10.3. The molecule has 1 aromatic heterocycles. The van der Waals surface area contributed by atoms with Gasteiger partial charge in [-0.15, -0.1) is 0 Å². The SMILES string of the molecule is C[Si](C)(C)n1cnc(N2CCCC2)c1. The molecule has 1 saturated heterocycles. The summed E-state index contributed by atoms with van der Waals surface area (Å²) in [4.78, 5) is 6.87. The smallest absolute Gasteiger partial charge is 0.154 e. The zero-order chi connectivity index (χ0) is 10.2. The maximum absolute atomic E-state index is 4.49. The molecule has 4 heteroatoms. The van der Waals surface area contributed by atoms with Gasteiger partial charge in [0.25, 0.3) is 0 Å². The van der Waals surface area contributed by atoms with E-state index in [0.717, 1.165) is 0 Å². The second kappa shape index (κ2) is 3.42.